The molecular weight excluding hydrogens is 249 g/mol. The van der Waals surface area contributed by atoms with Crippen molar-refractivity contribution in [1.82, 2.24) is 5.32 Å². The second kappa shape index (κ2) is 5.31. The van der Waals surface area contributed by atoms with Crippen molar-refractivity contribution in [3.8, 4) is 0 Å². The normalized spacial score (nSPS) is 10.4. The molecule has 1 N–H and O–H groups in total. The van der Waals surface area contributed by atoms with Crippen molar-refractivity contribution in [2.75, 3.05) is 0 Å². The minimum atomic E-state index is -0.477. The number of hydrogen-bond acceptors (Lipinski definition) is 2. The Bertz CT molecular complexity index is 577. The summed E-state index contributed by atoms with van der Waals surface area (Å²) in [5.41, 5.74) is 0.895. The Hall–Kier alpha value is -1.68. The van der Waals surface area contributed by atoms with Gasteiger partial charge in [0.05, 0.1) is 12.1 Å². The van der Waals surface area contributed by atoms with Crippen LogP contribution in [0.4, 0.5) is 4.39 Å². The van der Waals surface area contributed by atoms with E-state index >= 15 is 0 Å². The van der Waals surface area contributed by atoms with Crippen LogP contribution in [0.5, 0.6) is 0 Å². The zero-order valence-electron chi connectivity index (χ0n) is 10.3. The second-order valence-corrected chi connectivity index (χ2v) is 5.55. The Morgan fingerprint density at radius 3 is 2.67 bits per heavy atom. The van der Waals surface area contributed by atoms with Crippen molar-refractivity contribution in [1.29, 1.82) is 0 Å². The molecule has 0 atom stereocenters. The highest BCUT2D eigenvalue weighted by Crippen LogP contribution is 2.15. The van der Waals surface area contributed by atoms with E-state index in [0.717, 1.165) is 10.4 Å². The first-order chi connectivity index (χ1) is 8.56. The molecule has 0 radical (unpaired) electrons. The van der Waals surface area contributed by atoms with Crippen LogP contribution in [0.25, 0.3) is 0 Å². The van der Waals surface area contributed by atoms with Crippen molar-refractivity contribution >= 4 is 17.2 Å². The number of carbonyl (C=O) groups is 1. The van der Waals surface area contributed by atoms with Gasteiger partial charge in [-0.2, -0.15) is 0 Å². The van der Waals surface area contributed by atoms with E-state index in [1.807, 2.05) is 19.1 Å². The molecule has 0 unspecified atom stereocenters. The molecule has 1 aromatic heterocycles. The molecule has 0 bridgehead atoms. The summed E-state index contributed by atoms with van der Waals surface area (Å²) in [6.07, 6.45) is 0. The Kier molecular flexibility index (Phi) is 3.77. The number of nitrogens with one attached hydrogen (secondary N) is 1. The van der Waals surface area contributed by atoms with Crippen LogP contribution in [0.15, 0.2) is 30.3 Å². The van der Waals surface area contributed by atoms with E-state index < -0.39 is 5.82 Å². The molecule has 0 aliphatic heterocycles. The van der Waals surface area contributed by atoms with Crippen molar-refractivity contribution in [3.63, 3.8) is 0 Å². The third-order valence-electron chi connectivity index (χ3n) is 2.59. The minimum Gasteiger partial charge on any atom is -0.347 e. The number of rotatable bonds is 3. The monoisotopic (exact) mass is 263 g/mol. The number of aryl methyl sites for hydroxylation is 2. The number of thiophene rings is 1. The number of hydrogen-bond donors (Lipinski definition) is 1. The Morgan fingerprint density at radius 2 is 2.06 bits per heavy atom. The van der Waals surface area contributed by atoms with Gasteiger partial charge in [-0.25, -0.2) is 4.39 Å². The lowest BCUT2D eigenvalue weighted by Gasteiger charge is -2.05. The number of carbonyl (C=O) groups excluding carboxylic acids is 1. The predicted octanol–water partition coefficient (Wildman–Crippen LogP) is 3.43. The van der Waals surface area contributed by atoms with Crippen molar-refractivity contribution in [2.24, 2.45) is 0 Å². The van der Waals surface area contributed by atoms with Gasteiger partial charge < -0.3 is 5.32 Å². The quantitative estimate of drug-likeness (QED) is 0.903. The zero-order valence-corrected chi connectivity index (χ0v) is 11.1. The van der Waals surface area contributed by atoms with E-state index in [2.05, 4.69) is 5.32 Å². The van der Waals surface area contributed by atoms with Gasteiger partial charge in [0.15, 0.2) is 0 Å². The minimum absolute atomic E-state index is 0.0916. The van der Waals surface area contributed by atoms with Gasteiger partial charge in [0.2, 0.25) is 0 Å². The van der Waals surface area contributed by atoms with Crippen LogP contribution in [-0.2, 0) is 6.54 Å². The van der Waals surface area contributed by atoms with Crippen LogP contribution in [-0.4, -0.2) is 5.91 Å². The van der Waals surface area contributed by atoms with E-state index in [9.17, 15) is 9.18 Å². The summed E-state index contributed by atoms with van der Waals surface area (Å²) in [4.78, 5) is 14.1. The standard InChI is InChI=1S/C14H14FNOS/c1-9-3-6-12(13(15)7-9)14(17)16-8-11-5-4-10(2)18-11/h3-7H,8H2,1-2H3,(H,16,17). The molecule has 0 saturated carbocycles. The summed E-state index contributed by atoms with van der Waals surface area (Å²) < 4.78 is 13.6. The van der Waals surface area contributed by atoms with Crippen molar-refractivity contribution in [2.45, 2.75) is 20.4 Å². The van der Waals surface area contributed by atoms with E-state index in [4.69, 9.17) is 0 Å². The predicted molar refractivity (Wildman–Crippen MR) is 71.4 cm³/mol. The van der Waals surface area contributed by atoms with Gasteiger partial charge in [-0.15, -0.1) is 11.3 Å². The highest BCUT2D eigenvalue weighted by atomic mass is 32.1. The van der Waals surface area contributed by atoms with Crippen LogP contribution >= 0.6 is 11.3 Å². The number of amides is 1. The van der Waals surface area contributed by atoms with Crippen LogP contribution in [0.2, 0.25) is 0 Å². The molecule has 0 fully saturated rings. The number of halogens is 1. The molecule has 2 nitrogen and oxygen atoms in total. The fourth-order valence-electron chi connectivity index (χ4n) is 1.65. The van der Waals surface area contributed by atoms with Crippen LogP contribution in [0, 0.1) is 19.7 Å². The fraction of sp³-hybridized carbons (Fsp3) is 0.214. The summed E-state index contributed by atoms with van der Waals surface area (Å²) >= 11 is 1.62. The molecule has 1 aromatic carbocycles. The maximum absolute atomic E-state index is 13.6. The lowest BCUT2D eigenvalue weighted by molar-refractivity contribution is 0.0947. The average Bonchev–Trinajstić information content (AvgIpc) is 2.72. The third-order valence-corrected chi connectivity index (χ3v) is 3.59. The Balaban J connectivity index is 2.03. The van der Waals surface area contributed by atoms with E-state index in [0.29, 0.717) is 6.54 Å². The molecule has 2 aromatic rings. The largest absolute Gasteiger partial charge is 0.347 e. The van der Waals surface area contributed by atoms with Crippen molar-refractivity contribution < 1.29 is 9.18 Å². The summed E-state index contributed by atoms with van der Waals surface area (Å²) in [7, 11) is 0. The molecular formula is C14H14FNOS. The van der Waals surface area contributed by atoms with Crippen molar-refractivity contribution in [3.05, 3.63) is 57.0 Å². The molecule has 18 heavy (non-hydrogen) atoms. The van der Waals surface area contributed by atoms with E-state index in [1.54, 1.807) is 24.3 Å². The van der Waals surface area contributed by atoms with Gasteiger partial charge in [0.25, 0.3) is 5.91 Å². The second-order valence-electron chi connectivity index (χ2n) is 4.18. The van der Waals surface area contributed by atoms with Gasteiger partial charge >= 0.3 is 0 Å². The average molecular weight is 263 g/mol. The Morgan fingerprint density at radius 1 is 1.28 bits per heavy atom. The third kappa shape index (κ3) is 2.96. The smallest absolute Gasteiger partial charge is 0.254 e. The fourth-order valence-corrected chi connectivity index (χ4v) is 2.48. The van der Waals surface area contributed by atoms with Gasteiger partial charge in [0, 0.05) is 9.75 Å². The van der Waals surface area contributed by atoms with Gasteiger partial charge in [-0.3, -0.25) is 4.79 Å². The molecule has 1 heterocycles. The summed E-state index contributed by atoms with van der Waals surface area (Å²) in [6, 6.07) is 8.57. The molecule has 0 spiro atoms. The molecule has 0 aliphatic carbocycles. The van der Waals surface area contributed by atoms with Gasteiger partial charge in [0.1, 0.15) is 5.82 Å². The molecule has 94 valence electrons. The molecule has 0 aliphatic rings. The highest BCUT2D eigenvalue weighted by molar-refractivity contribution is 7.11. The van der Waals surface area contributed by atoms with Gasteiger partial charge in [-0.05, 0) is 43.7 Å². The first-order valence-electron chi connectivity index (χ1n) is 5.66. The molecule has 0 saturated heterocycles. The molecule has 2 rings (SSSR count). The lowest BCUT2D eigenvalue weighted by Crippen LogP contribution is -2.23. The number of benzene rings is 1. The first kappa shape index (κ1) is 12.8. The zero-order chi connectivity index (χ0) is 13.1. The van der Waals surface area contributed by atoms with Crippen LogP contribution < -0.4 is 5.32 Å². The summed E-state index contributed by atoms with van der Waals surface area (Å²) in [5.74, 6) is -0.853. The molecule has 4 heteroatoms. The summed E-state index contributed by atoms with van der Waals surface area (Å²) in [5, 5.41) is 2.72. The van der Waals surface area contributed by atoms with Crippen LogP contribution in [0.3, 0.4) is 0 Å². The van der Waals surface area contributed by atoms with E-state index in [1.165, 1.54) is 17.0 Å². The topological polar surface area (TPSA) is 29.1 Å². The molecule has 1 amide bonds. The lowest BCUT2D eigenvalue weighted by atomic mass is 10.1. The maximum atomic E-state index is 13.6. The Labute approximate surface area is 109 Å². The highest BCUT2D eigenvalue weighted by Gasteiger charge is 2.11. The van der Waals surface area contributed by atoms with Gasteiger partial charge in [-0.1, -0.05) is 6.07 Å². The first-order valence-corrected chi connectivity index (χ1v) is 6.47. The SMILES string of the molecule is Cc1ccc(C(=O)NCc2ccc(C)s2)c(F)c1. The van der Waals surface area contributed by atoms with Crippen LogP contribution in [0.1, 0.15) is 25.7 Å². The maximum Gasteiger partial charge on any atom is 0.254 e. The van der Waals surface area contributed by atoms with E-state index in [-0.39, 0.29) is 11.5 Å². The summed E-state index contributed by atoms with van der Waals surface area (Å²) in [6.45, 7) is 4.24.